The molecule has 0 heterocycles. The standard InChI is InChI=1S/C22H26O6/c1-5-22(4,20(26)28-18-12-8-16(24)9-13-18)14-21(2,3)19(25)27-17-10-6-15(23)7-11-17/h6-13,23-24H,5,14H2,1-4H3. The fourth-order valence-corrected chi connectivity index (χ4v) is 2.89. The summed E-state index contributed by atoms with van der Waals surface area (Å²) in [7, 11) is 0. The van der Waals surface area contributed by atoms with Crippen LogP contribution in [0.5, 0.6) is 23.0 Å². The summed E-state index contributed by atoms with van der Waals surface area (Å²) in [6, 6.07) is 11.8. The molecule has 1 unspecified atom stereocenters. The number of hydrogen-bond acceptors (Lipinski definition) is 6. The summed E-state index contributed by atoms with van der Waals surface area (Å²) >= 11 is 0. The van der Waals surface area contributed by atoms with Crippen molar-refractivity contribution in [3.8, 4) is 23.0 Å². The zero-order valence-electron chi connectivity index (χ0n) is 16.6. The first-order valence-corrected chi connectivity index (χ1v) is 9.08. The number of aromatic hydroxyl groups is 2. The van der Waals surface area contributed by atoms with Crippen molar-refractivity contribution in [2.24, 2.45) is 10.8 Å². The molecule has 0 aromatic heterocycles. The summed E-state index contributed by atoms with van der Waals surface area (Å²) in [6.07, 6.45) is 0.699. The largest absolute Gasteiger partial charge is 0.508 e. The topological polar surface area (TPSA) is 93.1 Å². The second-order valence-corrected chi connectivity index (χ2v) is 7.74. The zero-order valence-corrected chi connectivity index (χ0v) is 16.6. The second-order valence-electron chi connectivity index (χ2n) is 7.74. The molecule has 2 rings (SSSR count). The number of benzene rings is 2. The van der Waals surface area contributed by atoms with E-state index in [0.29, 0.717) is 17.9 Å². The summed E-state index contributed by atoms with van der Waals surface area (Å²) in [5.74, 6) is -0.125. The van der Waals surface area contributed by atoms with Gasteiger partial charge in [0.25, 0.3) is 0 Å². The summed E-state index contributed by atoms with van der Waals surface area (Å²) in [5, 5.41) is 18.7. The van der Waals surface area contributed by atoms with Gasteiger partial charge in [-0.1, -0.05) is 6.92 Å². The molecule has 1 atom stereocenters. The molecule has 0 amide bonds. The molecule has 6 nitrogen and oxygen atoms in total. The van der Waals surface area contributed by atoms with E-state index in [2.05, 4.69) is 0 Å². The van der Waals surface area contributed by atoms with E-state index in [1.807, 2.05) is 6.92 Å². The Kier molecular flexibility index (Phi) is 6.33. The molecule has 0 saturated carbocycles. The molecule has 0 aliphatic rings. The predicted molar refractivity (Wildman–Crippen MR) is 104 cm³/mol. The maximum absolute atomic E-state index is 12.8. The van der Waals surface area contributed by atoms with Crippen LogP contribution in [0.1, 0.15) is 40.5 Å². The van der Waals surface area contributed by atoms with E-state index < -0.39 is 22.8 Å². The Balaban J connectivity index is 2.10. The van der Waals surface area contributed by atoms with Crippen LogP contribution in [-0.2, 0) is 9.59 Å². The van der Waals surface area contributed by atoms with Gasteiger partial charge in [-0.05, 0) is 82.1 Å². The van der Waals surface area contributed by atoms with E-state index in [1.165, 1.54) is 48.5 Å². The van der Waals surface area contributed by atoms with Crippen molar-refractivity contribution < 1.29 is 29.3 Å². The van der Waals surface area contributed by atoms with Gasteiger partial charge >= 0.3 is 11.9 Å². The van der Waals surface area contributed by atoms with Crippen molar-refractivity contribution in [3.63, 3.8) is 0 Å². The molecule has 0 fully saturated rings. The van der Waals surface area contributed by atoms with Gasteiger partial charge in [0, 0.05) is 0 Å². The normalized spacial score (nSPS) is 13.4. The quantitative estimate of drug-likeness (QED) is 0.540. The van der Waals surface area contributed by atoms with Crippen LogP contribution in [0, 0.1) is 10.8 Å². The van der Waals surface area contributed by atoms with Crippen molar-refractivity contribution in [1.82, 2.24) is 0 Å². The Bertz CT molecular complexity index is 823. The molecule has 2 aromatic rings. The Morgan fingerprint density at radius 1 is 0.786 bits per heavy atom. The van der Waals surface area contributed by atoms with Gasteiger partial charge in [-0.2, -0.15) is 0 Å². The highest BCUT2D eigenvalue weighted by molar-refractivity contribution is 5.82. The van der Waals surface area contributed by atoms with Crippen molar-refractivity contribution in [3.05, 3.63) is 48.5 Å². The zero-order chi connectivity index (χ0) is 20.9. The number of carbonyl (C=O) groups excluding carboxylic acids is 2. The van der Waals surface area contributed by atoms with Crippen LogP contribution >= 0.6 is 0 Å². The molecule has 2 N–H and O–H groups in total. The molecule has 2 aromatic carbocycles. The van der Waals surface area contributed by atoms with Crippen LogP contribution in [0.2, 0.25) is 0 Å². The Labute approximate surface area is 164 Å². The third-order valence-electron chi connectivity index (χ3n) is 4.75. The summed E-state index contributed by atoms with van der Waals surface area (Å²) < 4.78 is 10.9. The van der Waals surface area contributed by atoms with Crippen molar-refractivity contribution in [2.75, 3.05) is 0 Å². The third-order valence-corrected chi connectivity index (χ3v) is 4.75. The molecule has 0 bridgehead atoms. The van der Waals surface area contributed by atoms with Gasteiger partial charge in [0.15, 0.2) is 0 Å². The maximum Gasteiger partial charge on any atom is 0.317 e. The second kappa shape index (κ2) is 8.33. The van der Waals surface area contributed by atoms with Crippen LogP contribution in [0.15, 0.2) is 48.5 Å². The molecule has 0 spiro atoms. The first kappa shape index (κ1) is 21.3. The molecular weight excluding hydrogens is 360 g/mol. The lowest BCUT2D eigenvalue weighted by atomic mass is 9.72. The summed E-state index contributed by atoms with van der Waals surface area (Å²) in [4.78, 5) is 25.4. The predicted octanol–water partition coefficient (Wildman–Crippen LogP) is 4.44. The SMILES string of the molecule is CCC(C)(CC(C)(C)C(=O)Oc1ccc(O)cc1)C(=O)Oc1ccc(O)cc1. The monoisotopic (exact) mass is 386 g/mol. The lowest BCUT2D eigenvalue weighted by Crippen LogP contribution is -2.40. The number of hydrogen-bond donors (Lipinski definition) is 2. The minimum Gasteiger partial charge on any atom is -0.508 e. The lowest BCUT2D eigenvalue weighted by Gasteiger charge is -2.33. The van der Waals surface area contributed by atoms with Gasteiger partial charge in [0.1, 0.15) is 23.0 Å². The van der Waals surface area contributed by atoms with Crippen LogP contribution < -0.4 is 9.47 Å². The van der Waals surface area contributed by atoms with E-state index in [4.69, 9.17) is 9.47 Å². The highest BCUT2D eigenvalue weighted by Crippen LogP contribution is 2.39. The van der Waals surface area contributed by atoms with Gasteiger partial charge in [-0.15, -0.1) is 0 Å². The fourth-order valence-electron chi connectivity index (χ4n) is 2.89. The average Bonchev–Trinajstić information content (AvgIpc) is 2.64. The highest BCUT2D eigenvalue weighted by atomic mass is 16.5. The number of carbonyl (C=O) groups is 2. The fraction of sp³-hybridized carbons (Fsp3) is 0.364. The van der Waals surface area contributed by atoms with E-state index in [0.717, 1.165) is 0 Å². The van der Waals surface area contributed by atoms with E-state index in [-0.39, 0.29) is 17.9 Å². The number of esters is 2. The number of rotatable bonds is 7. The lowest BCUT2D eigenvalue weighted by molar-refractivity contribution is -0.152. The molecule has 0 saturated heterocycles. The van der Waals surface area contributed by atoms with E-state index in [9.17, 15) is 19.8 Å². The Morgan fingerprint density at radius 3 is 1.57 bits per heavy atom. The molecule has 28 heavy (non-hydrogen) atoms. The molecule has 6 heteroatoms. The van der Waals surface area contributed by atoms with E-state index in [1.54, 1.807) is 20.8 Å². The third kappa shape index (κ3) is 5.25. The maximum atomic E-state index is 12.8. The van der Waals surface area contributed by atoms with Gasteiger partial charge in [0.2, 0.25) is 0 Å². The van der Waals surface area contributed by atoms with Crippen LogP contribution in [0.3, 0.4) is 0 Å². The van der Waals surface area contributed by atoms with Gasteiger partial charge < -0.3 is 19.7 Å². The Hall–Kier alpha value is -3.02. The highest BCUT2D eigenvalue weighted by Gasteiger charge is 2.43. The Morgan fingerprint density at radius 2 is 1.18 bits per heavy atom. The van der Waals surface area contributed by atoms with Crippen LogP contribution in [0.25, 0.3) is 0 Å². The average molecular weight is 386 g/mol. The van der Waals surface area contributed by atoms with Crippen molar-refractivity contribution >= 4 is 11.9 Å². The van der Waals surface area contributed by atoms with Crippen molar-refractivity contribution in [2.45, 2.75) is 40.5 Å². The minimum absolute atomic E-state index is 0.0783. The van der Waals surface area contributed by atoms with Crippen molar-refractivity contribution in [1.29, 1.82) is 0 Å². The summed E-state index contributed by atoms with van der Waals surface area (Å²) in [6.45, 7) is 7.06. The minimum atomic E-state index is -0.948. The molecule has 0 aliphatic heterocycles. The van der Waals surface area contributed by atoms with Gasteiger partial charge in [0.05, 0.1) is 10.8 Å². The molecular formula is C22H26O6. The summed E-state index contributed by atoms with van der Waals surface area (Å²) in [5.41, 5.74) is -1.86. The van der Waals surface area contributed by atoms with Gasteiger partial charge in [-0.3, -0.25) is 9.59 Å². The van der Waals surface area contributed by atoms with Crippen LogP contribution in [0.4, 0.5) is 0 Å². The number of phenolic OH excluding ortho intramolecular Hbond substituents is 2. The molecule has 0 aliphatic carbocycles. The van der Waals surface area contributed by atoms with Crippen LogP contribution in [-0.4, -0.2) is 22.2 Å². The number of phenols is 2. The molecule has 150 valence electrons. The first-order valence-electron chi connectivity index (χ1n) is 9.08. The number of ether oxygens (including phenoxy) is 2. The first-order chi connectivity index (χ1) is 13.1. The van der Waals surface area contributed by atoms with Gasteiger partial charge in [-0.25, -0.2) is 0 Å². The van der Waals surface area contributed by atoms with E-state index >= 15 is 0 Å². The smallest absolute Gasteiger partial charge is 0.317 e. The molecule has 0 radical (unpaired) electrons.